The van der Waals surface area contributed by atoms with Gasteiger partial charge in [0.25, 0.3) is 11.6 Å². The predicted octanol–water partition coefficient (Wildman–Crippen LogP) is 1.88. The molecule has 0 aliphatic carbocycles. The lowest BCUT2D eigenvalue weighted by Crippen LogP contribution is -2.24. The van der Waals surface area contributed by atoms with Crippen molar-refractivity contribution in [2.24, 2.45) is 0 Å². The van der Waals surface area contributed by atoms with Gasteiger partial charge in [-0.1, -0.05) is 0 Å². The number of fused-ring (bicyclic) bond motifs is 1. The summed E-state index contributed by atoms with van der Waals surface area (Å²) in [5.74, 6) is -1.19. The van der Waals surface area contributed by atoms with Crippen molar-refractivity contribution in [1.82, 2.24) is 0 Å². The highest BCUT2D eigenvalue weighted by molar-refractivity contribution is 6.36. The predicted molar refractivity (Wildman–Crippen MR) is 84.7 cm³/mol. The Morgan fingerprint density at radius 3 is 2.52 bits per heavy atom. The van der Waals surface area contributed by atoms with Crippen molar-refractivity contribution >= 4 is 34.5 Å². The van der Waals surface area contributed by atoms with Crippen molar-refractivity contribution in [3.63, 3.8) is 0 Å². The lowest BCUT2D eigenvalue weighted by molar-refractivity contribution is -0.383. The molecule has 1 amide bonds. The summed E-state index contributed by atoms with van der Waals surface area (Å²) in [5.41, 5.74) is 5.22. The number of amides is 1. The second kappa shape index (κ2) is 5.38. The Morgan fingerprint density at radius 2 is 2.00 bits per heavy atom. The molecule has 8 nitrogen and oxygen atoms in total. The number of nitrogen functional groups attached to an aromatic ring is 1. The minimum Gasteiger partial charge on any atom is -0.457 e. The first kappa shape index (κ1) is 16.5. The van der Waals surface area contributed by atoms with Crippen molar-refractivity contribution in [2.75, 3.05) is 17.7 Å². The van der Waals surface area contributed by atoms with Crippen molar-refractivity contribution in [3.8, 4) is 0 Å². The minimum atomic E-state index is -0.723. The van der Waals surface area contributed by atoms with Crippen LogP contribution < -0.4 is 10.6 Å². The van der Waals surface area contributed by atoms with Gasteiger partial charge in [0.1, 0.15) is 11.3 Å². The molecule has 0 fully saturated rings. The van der Waals surface area contributed by atoms with Crippen LogP contribution in [0.3, 0.4) is 0 Å². The van der Waals surface area contributed by atoms with Crippen LogP contribution in [0.4, 0.5) is 17.1 Å². The standard InChI is InChI=1S/C15H17N3O5/c1-15(2,3)23-11(19)7-8-12-9(17(4)14(8)20)5-6-10(13(12)16)18(21)22/h5-7H,16H2,1-4H3/b8-7+. The summed E-state index contributed by atoms with van der Waals surface area (Å²) in [6.45, 7) is 5.08. The third-order valence-electron chi connectivity index (χ3n) is 3.23. The summed E-state index contributed by atoms with van der Waals surface area (Å²) in [6, 6.07) is 2.66. The number of hydrogen-bond donors (Lipinski definition) is 1. The Labute approximate surface area is 132 Å². The number of likely N-dealkylation sites (N-methyl/N-ethyl adjacent to an activating group) is 1. The number of anilines is 2. The number of nitrogens with two attached hydrogens (primary N) is 1. The zero-order chi connectivity index (χ0) is 17.5. The fourth-order valence-corrected chi connectivity index (χ4v) is 2.30. The molecule has 1 aliphatic rings. The fourth-order valence-electron chi connectivity index (χ4n) is 2.30. The lowest BCUT2D eigenvalue weighted by Gasteiger charge is -2.18. The number of benzene rings is 1. The van der Waals surface area contributed by atoms with Crippen LogP contribution in [-0.4, -0.2) is 29.4 Å². The summed E-state index contributed by atoms with van der Waals surface area (Å²) in [5, 5.41) is 11.0. The van der Waals surface area contributed by atoms with E-state index in [9.17, 15) is 19.7 Å². The quantitative estimate of drug-likeness (QED) is 0.292. The van der Waals surface area contributed by atoms with E-state index in [2.05, 4.69) is 0 Å². The number of carbonyl (C=O) groups is 2. The number of hydrogen-bond acceptors (Lipinski definition) is 6. The molecule has 1 heterocycles. The number of nitrogens with zero attached hydrogens (tertiary/aromatic N) is 2. The van der Waals surface area contributed by atoms with Crippen molar-refractivity contribution in [2.45, 2.75) is 26.4 Å². The molecule has 0 saturated heterocycles. The Bertz CT molecular complexity index is 746. The van der Waals surface area contributed by atoms with E-state index in [1.165, 1.54) is 24.1 Å². The summed E-state index contributed by atoms with van der Waals surface area (Å²) in [7, 11) is 1.50. The van der Waals surface area contributed by atoms with Crippen molar-refractivity contribution in [3.05, 3.63) is 33.9 Å². The number of ether oxygens (including phenoxy) is 1. The number of carbonyl (C=O) groups excluding carboxylic acids is 2. The first-order valence-corrected chi connectivity index (χ1v) is 6.83. The van der Waals surface area contributed by atoms with Crippen molar-refractivity contribution in [1.29, 1.82) is 0 Å². The number of nitro benzene ring substituents is 1. The lowest BCUT2D eigenvalue weighted by atomic mass is 10.0. The van der Waals surface area contributed by atoms with Crippen LogP contribution >= 0.6 is 0 Å². The van der Waals surface area contributed by atoms with E-state index in [4.69, 9.17) is 10.5 Å². The topological polar surface area (TPSA) is 116 Å². The van der Waals surface area contributed by atoms with Crippen molar-refractivity contribution < 1.29 is 19.2 Å². The smallest absolute Gasteiger partial charge is 0.332 e. The number of rotatable bonds is 2. The summed E-state index contributed by atoms with van der Waals surface area (Å²) < 4.78 is 5.16. The average Bonchev–Trinajstić information content (AvgIpc) is 2.62. The molecule has 1 aliphatic heterocycles. The maximum absolute atomic E-state index is 12.3. The van der Waals surface area contributed by atoms with Gasteiger partial charge in [-0.25, -0.2) is 4.79 Å². The van der Waals surface area contributed by atoms with Crippen LogP contribution in [0.5, 0.6) is 0 Å². The number of nitro groups is 1. The minimum absolute atomic E-state index is 0.0158. The Morgan fingerprint density at radius 1 is 1.39 bits per heavy atom. The summed E-state index contributed by atoms with van der Waals surface area (Å²) >= 11 is 0. The average molecular weight is 319 g/mol. The Balaban J connectivity index is 2.57. The maximum Gasteiger partial charge on any atom is 0.332 e. The third kappa shape index (κ3) is 3.01. The van der Waals surface area contributed by atoms with E-state index in [0.717, 1.165) is 6.08 Å². The first-order chi connectivity index (χ1) is 10.5. The first-order valence-electron chi connectivity index (χ1n) is 6.83. The van der Waals surface area contributed by atoms with Crippen LogP contribution in [0, 0.1) is 10.1 Å². The van der Waals surface area contributed by atoms with Gasteiger partial charge < -0.3 is 15.4 Å². The molecule has 122 valence electrons. The molecule has 0 unspecified atom stereocenters. The highest BCUT2D eigenvalue weighted by Gasteiger charge is 2.35. The van der Waals surface area contributed by atoms with Gasteiger partial charge in [0.2, 0.25) is 0 Å². The van der Waals surface area contributed by atoms with E-state index in [-0.39, 0.29) is 22.5 Å². The number of esters is 1. The van der Waals surface area contributed by atoms with Gasteiger partial charge in [-0.05, 0) is 26.8 Å². The molecule has 2 rings (SSSR count). The molecule has 1 aromatic rings. The van der Waals surface area contributed by atoms with Gasteiger partial charge in [-0.15, -0.1) is 0 Å². The van der Waals surface area contributed by atoms with Crippen LogP contribution in [-0.2, 0) is 14.3 Å². The molecule has 0 atom stereocenters. The van der Waals surface area contributed by atoms with E-state index < -0.39 is 22.4 Å². The molecule has 8 heteroatoms. The molecule has 1 aromatic carbocycles. The normalized spacial score (nSPS) is 15.7. The zero-order valence-electron chi connectivity index (χ0n) is 13.2. The van der Waals surface area contributed by atoms with Crippen LogP contribution in [0.15, 0.2) is 18.2 Å². The van der Waals surface area contributed by atoms with E-state index in [1.54, 1.807) is 20.8 Å². The maximum atomic E-state index is 12.3. The fraction of sp³-hybridized carbons (Fsp3) is 0.333. The van der Waals surface area contributed by atoms with Gasteiger partial charge in [-0.2, -0.15) is 0 Å². The molecule has 0 spiro atoms. The van der Waals surface area contributed by atoms with E-state index >= 15 is 0 Å². The summed E-state index contributed by atoms with van der Waals surface area (Å²) in [6.07, 6.45) is 1.02. The van der Waals surface area contributed by atoms with Gasteiger partial charge in [-0.3, -0.25) is 14.9 Å². The van der Waals surface area contributed by atoms with E-state index in [1.807, 2.05) is 0 Å². The van der Waals surface area contributed by atoms with Crippen LogP contribution in [0.1, 0.15) is 26.3 Å². The third-order valence-corrected chi connectivity index (χ3v) is 3.23. The molecule has 23 heavy (non-hydrogen) atoms. The van der Waals surface area contributed by atoms with Gasteiger partial charge in [0.15, 0.2) is 0 Å². The highest BCUT2D eigenvalue weighted by Crippen LogP contribution is 2.43. The molecule has 0 aromatic heterocycles. The molecule has 2 N–H and O–H groups in total. The van der Waals surface area contributed by atoms with E-state index in [0.29, 0.717) is 5.69 Å². The Kier molecular flexibility index (Phi) is 3.85. The van der Waals surface area contributed by atoms with Gasteiger partial charge in [0, 0.05) is 24.8 Å². The second-order valence-corrected chi connectivity index (χ2v) is 6.11. The molecular weight excluding hydrogens is 302 g/mol. The molecular formula is C15H17N3O5. The highest BCUT2D eigenvalue weighted by atomic mass is 16.6. The largest absolute Gasteiger partial charge is 0.457 e. The van der Waals surface area contributed by atoms with Crippen LogP contribution in [0.25, 0.3) is 5.57 Å². The monoisotopic (exact) mass is 319 g/mol. The molecule has 0 saturated carbocycles. The molecule has 0 bridgehead atoms. The molecule has 0 radical (unpaired) electrons. The SMILES string of the molecule is CN1C(=O)/C(=C/C(=O)OC(C)(C)C)c2c1ccc([N+](=O)[O-])c2N. The van der Waals surface area contributed by atoms with Crippen LogP contribution in [0.2, 0.25) is 0 Å². The second-order valence-electron chi connectivity index (χ2n) is 6.11. The summed E-state index contributed by atoms with van der Waals surface area (Å²) in [4.78, 5) is 35.9. The van der Waals surface area contributed by atoms with Gasteiger partial charge in [0.05, 0.1) is 16.2 Å². The zero-order valence-corrected chi connectivity index (χ0v) is 13.2. The van der Waals surface area contributed by atoms with Gasteiger partial charge >= 0.3 is 5.97 Å². The Hall–Kier alpha value is -2.90.